The van der Waals surface area contributed by atoms with E-state index in [9.17, 15) is 0 Å². The Morgan fingerprint density at radius 1 is 1.45 bits per heavy atom. The summed E-state index contributed by atoms with van der Waals surface area (Å²) in [5, 5.41) is 0.595. The molecule has 11 heavy (non-hydrogen) atoms. The number of nitrogens with zero attached hydrogens (tertiary/aromatic N) is 1. The highest BCUT2D eigenvalue weighted by molar-refractivity contribution is 6.29. The molecule has 0 bridgehead atoms. The van der Waals surface area contributed by atoms with Crippen molar-refractivity contribution in [2.75, 3.05) is 0 Å². The average Bonchev–Trinajstić information content (AvgIpc) is 1.85. The van der Waals surface area contributed by atoms with Crippen LogP contribution in [0.25, 0.3) is 0 Å². The fourth-order valence-corrected chi connectivity index (χ4v) is 1.64. The monoisotopic (exact) mass is 169 g/mol. The van der Waals surface area contributed by atoms with Gasteiger partial charge in [-0.15, -0.1) is 0 Å². The minimum atomic E-state index is 0.595. The Morgan fingerprint density at radius 2 is 2.09 bits per heavy atom. The summed E-state index contributed by atoms with van der Waals surface area (Å²) >= 11 is 5.77. The number of hydrogen-bond acceptors (Lipinski definition) is 1. The van der Waals surface area contributed by atoms with Crippen molar-refractivity contribution in [3.63, 3.8) is 0 Å². The highest BCUT2D eigenvalue weighted by Crippen LogP contribution is 2.16. The maximum absolute atomic E-state index is 5.77. The van der Waals surface area contributed by atoms with Crippen LogP contribution in [0, 0.1) is 13.8 Å². The van der Waals surface area contributed by atoms with Gasteiger partial charge in [-0.25, -0.2) is 4.98 Å². The molecule has 0 atom stereocenters. The van der Waals surface area contributed by atoms with Crippen LogP contribution in [0.3, 0.4) is 0 Å². The van der Waals surface area contributed by atoms with Gasteiger partial charge in [0.05, 0.1) is 0 Å². The Hall–Kier alpha value is -0.560. The normalized spacial score (nSPS) is 10.2. The second-order valence-electron chi connectivity index (χ2n) is 2.68. The number of aryl methyl sites for hydroxylation is 2. The summed E-state index contributed by atoms with van der Waals surface area (Å²) in [7, 11) is 0. The Bertz CT molecular complexity index is 245. The van der Waals surface area contributed by atoms with Crippen molar-refractivity contribution in [3.05, 3.63) is 28.0 Å². The molecule has 0 aliphatic carbocycles. The Balaban J connectivity index is 3.25. The SMILES string of the molecule is CCc1c(C)cc(Cl)nc1C. The van der Waals surface area contributed by atoms with E-state index in [1.54, 1.807) is 0 Å². The maximum Gasteiger partial charge on any atom is 0.129 e. The molecule has 0 saturated heterocycles. The van der Waals surface area contributed by atoms with Gasteiger partial charge in [0.1, 0.15) is 5.15 Å². The van der Waals surface area contributed by atoms with Gasteiger partial charge in [0, 0.05) is 5.69 Å². The second kappa shape index (κ2) is 3.22. The average molecular weight is 170 g/mol. The van der Waals surface area contributed by atoms with Crippen LogP contribution in [0.15, 0.2) is 6.07 Å². The highest BCUT2D eigenvalue weighted by Gasteiger charge is 2.02. The lowest BCUT2D eigenvalue weighted by molar-refractivity contribution is 1.02. The molecule has 0 saturated carbocycles. The van der Waals surface area contributed by atoms with Gasteiger partial charge in [0.15, 0.2) is 0 Å². The first kappa shape index (κ1) is 8.54. The van der Waals surface area contributed by atoms with Crippen LogP contribution in [-0.4, -0.2) is 4.98 Å². The molecule has 0 spiro atoms. The van der Waals surface area contributed by atoms with Crippen LogP contribution in [0.4, 0.5) is 0 Å². The summed E-state index contributed by atoms with van der Waals surface area (Å²) in [6.45, 7) is 6.20. The zero-order chi connectivity index (χ0) is 8.43. The van der Waals surface area contributed by atoms with Crippen molar-refractivity contribution >= 4 is 11.6 Å². The predicted octanol–water partition coefficient (Wildman–Crippen LogP) is 2.91. The molecule has 1 heterocycles. The molecule has 1 nitrogen and oxygen atoms in total. The van der Waals surface area contributed by atoms with Gasteiger partial charge in [0.2, 0.25) is 0 Å². The summed E-state index contributed by atoms with van der Waals surface area (Å²) in [6.07, 6.45) is 1.03. The van der Waals surface area contributed by atoms with Crippen LogP contribution < -0.4 is 0 Å². The van der Waals surface area contributed by atoms with Crippen LogP contribution in [0.1, 0.15) is 23.7 Å². The lowest BCUT2D eigenvalue weighted by atomic mass is 10.1. The van der Waals surface area contributed by atoms with E-state index in [0.717, 1.165) is 12.1 Å². The molecule has 0 fully saturated rings. The molecular weight excluding hydrogens is 158 g/mol. The zero-order valence-corrected chi connectivity index (χ0v) is 7.87. The summed E-state index contributed by atoms with van der Waals surface area (Å²) in [5.74, 6) is 0. The van der Waals surface area contributed by atoms with Crippen molar-refractivity contribution in [1.82, 2.24) is 4.98 Å². The number of pyridine rings is 1. The van der Waals surface area contributed by atoms with E-state index < -0.39 is 0 Å². The molecule has 0 N–H and O–H groups in total. The van der Waals surface area contributed by atoms with Crippen LogP contribution in [0.5, 0.6) is 0 Å². The van der Waals surface area contributed by atoms with Crippen molar-refractivity contribution < 1.29 is 0 Å². The molecule has 1 aromatic heterocycles. The van der Waals surface area contributed by atoms with Crippen molar-refractivity contribution in [2.45, 2.75) is 27.2 Å². The first-order chi connectivity index (χ1) is 5.15. The third-order valence-corrected chi connectivity index (χ3v) is 2.07. The third kappa shape index (κ3) is 1.72. The van der Waals surface area contributed by atoms with E-state index >= 15 is 0 Å². The first-order valence-electron chi connectivity index (χ1n) is 3.77. The van der Waals surface area contributed by atoms with E-state index in [-0.39, 0.29) is 0 Å². The lowest BCUT2D eigenvalue weighted by Crippen LogP contribution is -1.94. The van der Waals surface area contributed by atoms with E-state index in [1.807, 2.05) is 13.0 Å². The van der Waals surface area contributed by atoms with Crippen LogP contribution >= 0.6 is 11.6 Å². The standard InChI is InChI=1S/C9H12ClN/c1-4-8-6(2)5-9(10)11-7(8)3/h5H,4H2,1-3H3. The lowest BCUT2D eigenvalue weighted by Gasteiger charge is -2.05. The fraction of sp³-hybridized carbons (Fsp3) is 0.444. The van der Waals surface area contributed by atoms with Crippen molar-refractivity contribution in [1.29, 1.82) is 0 Å². The van der Waals surface area contributed by atoms with Gasteiger partial charge in [-0.1, -0.05) is 18.5 Å². The second-order valence-corrected chi connectivity index (χ2v) is 3.07. The molecule has 2 heteroatoms. The van der Waals surface area contributed by atoms with Crippen molar-refractivity contribution in [3.8, 4) is 0 Å². The van der Waals surface area contributed by atoms with Crippen molar-refractivity contribution in [2.24, 2.45) is 0 Å². The summed E-state index contributed by atoms with van der Waals surface area (Å²) < 4.78 is 0. The van der Waals surface area contributed by atoms with Gasteiger partial charge < -0.3 is 0 Å². The van der Waals surface area contributed by atoms with Gasteiger partial charge in [-0.05, 0) is 37.5 Å². The minimum absolute atomic E-state index is 0.595. The minimum Gasteiger partial charge on any atom is -0.241 e. The first-order valence-corrected chi connectivity index (χ1v) is 4.15. The van der Waals surface area contributed by atoms with Crippen LogP contribution in [0.2, 0.25) is 5.15 Å². The predicted molar refractivity (Wildman–Crippen MR) is 48.1 cm³/mol. The zero-order valence-electron chi connectivity index (χ0n) is 7.11. The van der Waals surface area contributed by atoms with E-state index in [1.165, 1.54) is 11.1 Å². The maximum atomic E-state index is 5.77. The summed E-state index contributed by atoms with van der Waals surface area (Å²) in [5.41, 5.74) is 3.61. The smallest absolute Gasteiger partial charge is 0.129 e. The summed E-state index contributed by atoms with van der Waals surface area (Å²) in [6, 6.07) is 1.91. The molecule has 0 aromatic carbocycles. The molecule has 0 aliphatic heterocycles. The molecule has 60 valence electrons. The Morgan fingerprint density at radius 3 is 2.55 bits per heavy atom. The fourth-order valence-electron chi connectivity index (χ4n) is 1.35. The molecule has 0 unspecified atom stereocenters. The number of aromatic nitrogens is 1. The Labute approximate surface area is 72.4 Å². The highest BCUT2D eigenvalue weighted by atomic mass is 35.5. The largest absolute Gasteiger partial charge is 0.241 e. The van der Waals surface area contributed by atoms with Gasteiger partial charge in [-0.3, -0.25) is 0 Å². The molecule has 1 rings (SSSR count). The molecular formula is C9H12ClN. The number of hydrogen-bond donors (Lipinski definition) is 0. The van der Waals surface area contributed by atoms with E-state index in [4.69, 9.17) is 11.6 Å². The quantitative estimate of drug-likeness (QED) is 0.590. The molecule has 0 amide bonds. The van der Waals surface area contributed by atoms with Gasteiger partial charge in [0.25, 0.3) is 0 Å². The summed E-state index contributed by atoms with van der Waals surface area (Å²) in [4.78, 5) is 4.17. The molecule has 0 aliphatic rings. The third-order valence-electron chi connectivity index (χ3n) is 1.88. The molecule has 1 aromatic rings. The van der Waals surface area contributed by atoms with E-state index in [2.05, 4.69) is 18.8 Å². The number of rotatable bonds is 1. The van der Waals surface area contributed by atoms with Gasteiger partial charge >= 0.3 is 0 Å². The Kier molecular flexibility index (Phi) is 2.50. The number of halogens is 1. The van der Waals surface area contributed by atoms with Gasteiger partial charge in [-0.2, -0.15) is 0 Å². The topological polar surface area (TPSA) is 12.9 Å². The van der Waals surface area contributed by atoms with E-state index in [0.29, 0.717) is 5.15 Å². The molecule has 0 radical (unpaired) electrons. The van der Waals surface area contributed by atoms with Crippen LogP contribution in [-0.2, 0) is 6.42 Å².